The second-order valence-corrected chi connectivity index (χ2v) is 6.50. The third-order valence-electron chi connectivity index (χ3n) is 2.90. The Balaban J connectivity index is 2.47. The zero-order valence-electron chi connectivity index (χ0n) is 13.1. The van der Waals surface area contributed by atoms with Crippen molar-refractivity contribution >= 4 is 30.7 Å². The topological polar surface area (TPSA) is 78.9 Å². The van der Waals surface area contributed by atoms with Gasteiger partial charge in [0, 0.05) is 5.75 Å². The predicted octanol–water partition coefficient (Wildman–Crippen LogP) is 2.16. The molecule has 23 heavy (non-hydrogen) atoms. The fourth-order valence-electron chi connectivity index (χ4n) is 1.59. The Labute approximate surface area is 139 Å². The van der Waals surface area contributed by atoms with Gasteiger partial charge in [-0.2, -0.15) is 0 Å². The van der Waals surface area contributed by atoms with E-state index >= 15 is 0 Å². The molecule has 0 aliphatic carbocycles. The Morgan fingerprint density at radius 2 is 1.91 bits per heavy atom. The van der Waals surface area contributed by atoms with Crippen LogP contribution in [0.3, 0.4) is 0 Å². The molecule has 1 aromatic rings. The van der Waals surface area contributed by atoms with Gasteiger partial charge < -0.3 is 14.2 Å². The first kappa shape index (κ1) is 19.0. The molecular weight excluding hydrogens is 320 g/mol. The first-order chi connectivity index (χ1) is 11.0. The third kappa shape index (κ3) is 7.19. The fourth-order valence-corrected chi connectivity index (χ4v) is 2.60. The maximum atomic E-state index is 12.2. The number of esters is 1. The Morgan fingerprint density at radius 3 is 2.52 bits per heavy atom. The number of rotatable bonds is 11. The Kier molecular flexibility index (Phi) is 8.18. The van der Waals surface area contributed by atoms with Crippen LogP contribution in [-0.2, 0) is 35.2 Å². The number of hydrogen-bond donors (Lipinski definition) is 0. The molecule has 126 valence electrons. The van der Waals surface area contributed by atoms with Gasteiger partial charge in [-0.1, -0.05) is 30.3 Å². The summed E-state index contributed by atoms with van der Waals surface area (Å²) in [5.74, 6) is -0.00328. The van der Waals surface area contributed by atoms with Gasteiger partial charge in [0.1, 0.15) is 13.2 Å². The lowest BCUT2D eigenvalue weighted by atomic mass is 9.97. The van der Waals surface area contributed by atoms with Crippen LogP contribution in [0.25, 0.3) is 0 Å². The van der Waals surface area contributed by atoms with Gasteiger partial charge in [0.05, 0.1) is 5.41 Å². The molecule has 0 aliphatic rings. The van der Waals surface area contributed by atoms with Crippen LogP contribution in [-0.4, -0.2) is 36.7 Å². The van der Waals surface area contributed by atoms with Crippen LogP contribution in [0.4, 0.5) is 0 Å². The molecule has 0 aromatic heterocycles. The summed E-state index contributed by atoms with van der Waals surface area (Å²) < 4.78 is 14.7. The maximum absolute atomic E-state index is 12.2. The minimum Gasteiger partial charge on any atom is -0.463 e. The highest BCUT2D eigenvalue weighted by molar-refractivity contribution is 7.99. The van der Waals surface area contributed by atoms with E-state index in [-0.39, 0.29) is 32.1 Å². The van der Waals surface area contributed by atoms with E-state index in [1.165, 1.54) is 11.8 Å². The summed E-state index contributed by atoms with van der Waals surface area (Å²) in [5.41, 5.74) is -0.518. The van der Waals surface area contributed by atoms with Crippen LogP contribution in [0.2, 0.25) is 0 Å². The largest absolute Gasteiger partial charge is 0.463 e. The minimum absolute atomic E-state index is 0.0674. The molecule has 0 aliphatic heterocycles. The Bertz CT molecular complexity index is 503. The highest BCUT2D eigenvalue weighted by Gasteiger charge is 2.31. The van der Waals surface area contributed by atoms with E-state index in [1.807, 2.05) is 30.3 Å². The number of ether oxygens (including phenoxy) is 3. The average molecular weight is 340 g/mol. The number of carbonyl (C=O) groups excluding carboxylic acids is 3. The van der Waals surface area contributed by atoms with Gasteiger partial charge in [0.2, 0.25) is 0 Å². The van der Waals surface area contributed by atoms with E-state index in [4.69, 9.17) is 9.47 Å². The second-order valence-electron chi connectivity index (χ2n) is 5.35. The molecule has 0 saturated carbocycles. The van der Waals surface area contributed by atoms with Crippen molar-refractivity contribution in [3.05, 3.63) is 35.9 Å². The van der Waals surface area contributed by atoms with E-state index in [2.05, 4.69) is 4.74 Å². The molecule has 1 atom stereocenters. The smallest absolute Gasteiger partial charge is 0.312 e. The number of benzene rings is 1. The van der Waals surface area contributed by atoms with E-state index in [0.717, 1.165) is 5.56 Å². The standard InChI is InChI=1S/C16H20O6S/c1-16(2,10-23-14(22-12-18)9-20-11-17)15(19)21-8-13-6-4-3-5-7-13/h3-7,11-12,14H,8-10H2,1-2H3. The molecule has 6 nitrogen and oxygen atoms in total. The van der Waals surface area contributed by atoms with Gasteiger partial charge in [-0.15, -0.1) is 11.8 Å². The molecule has 0 heterocycles. The normalized spacial score (nSPS) is 12.1. The van der Waals surface area contributed by atoms with Gasteiger partial charge in [-0.25, -0.2) is 0 Å². The van der Waals surface area contributed by atoms with Crippen LogP contribution >= 0.6 is 11.8 Å². The summed E-state index contributed by atoms with van der Waals surface area (Å²) in [4.78, 5) is 32.8. The van der Waals surface area contributed by atoms with Crippen molar-refractivity contribution < 1.29 is 28.6 Å². The van der Waals surface area contributed by atoms with Gasteiger partial charge in [-0.05, 0) is 19.4 Å². The van der Waals surface area contributed by atoms with Crippen molar-refractivity contribution in [3.8, 4) is 0 Å². The Morgan fingerprint density at radius 1 is 1.22 bits per heavy atom. The summed E-state index contributed by atoms with van der Waals surface area (Å²) in [5, 5.41) is 0. The molecule has 1 aromatic carbocycles. The molecular formula is C16H20O6S. The Hall–Kier alpha value is -2.02. The van der Waals surface area contributed by atoms with Gasteiger partial charge >= 0.3 is 5.97 Å². The maximum Gasteiger partial charge on any atom is 0.312 e. The molecule has 0 radical (unpaired) electrons. The van der Waals surface area contributed by atoms with Crippen molar-refractivity contribution in [2.45, 2.75) is 25.9 Å². The first-order valence-electron chi connectivity index (χ1n) is 6.96. The van der Waals surface area contributed by atoms with Crippen molar-refractivity contribution in [2.75, 3.05) is 12.4 Å². The van der Waals surface area contributed by atoms with Crippen molar-refractivity contribution in [1.82, 2.24) is 0 Å². The summed E-state index contributed by atoms with van der Waals surface area (Å²) in [6.45, 7) is 4.18. The fraction of sp³-hybridized carbons (Fsp3) is 0.438. The van der Waals surface area contributed by atoms with Crippen LogP contribution in [0.15, 0.2) is 30.3 Å². The second kappa shape index (κ2) is 9.89. The SMILES string of the molecule is CC(C)(CSC(COC=O)OC=O)C(=O)OCc1ccccc1. The molecule has 0 bridgehead atoms. The van der Waals surface area contributed by atoms with Crippen LogP contribution in [0.1, 0.15) is 19.4 Å². The zero-order chi connectivity index (χ0) is 17.1. The lowest BCUT2D eigenvalue weighted by Crippen LogP contribution is -2.31. The molecule has 1 rings (SSSR count). The summed E-state index contributed by atoms with van der Waals surface area (Å²) in [7, 11) is 0. The van der Waals surface area contributed by atoms with Crippen molar-refractivity contribution in [2.24, 2.45) is 5.41 Å². The van der Waals surface area contributed by atoms with Crippen LogP contribution < -0.4 is 0 Å². The predicted molar refractivity (Wildman–Crippen MR) is 85.4 cm³/mol. The van der Waals surface area contributed by atoms with Crippen molar-refractivity contribution in [3.63, 3.8) is 0 Å². The zero-order valence-corrected chi connectivity index (χ0v) is 13.9. The van der Waals surface area contributed by atoms with Gasteiger partial charge in [0.25, 0.3) is 12.9 Å². The quantitative estimate of drug-likeness (QED) is 0.264. The number of hydrogen-bond acceptors (Lipinski definition) is 7. The van der Waals surface area contributed by atoms with Gasteiger partial charge in [-0.3, -0.25) is 14.4 Å². The van der Waals surface area contributed by atoms with Crippen LogP contribution in [0.5, 0.6) is 0 Å². The molecule has 7 heteroatoms. The lowest BCUT2D eigenvalue weighted by Gasteiger charge is -2.24. The summed E-state index contributed by atoms with van der Waals surface area (Å²) >= 11 is 1.20. The van der Waals surface area contributed by atoms with Crippen molar-refractivity contribution in [1.29, 1.82) is 0 Å². The molecule has 0 amide bonds. The molecule has 0 spiro atoms. The molecule has 0 N–H and O–H groups in total. The molecule has 0 saturated heterocycles. The molecule has 1 unspecified atom stereocenters. The van der Waals surface area contributed by atoms with E-state index in [0.29, 0.717) is 5.75 Å². The highest BCUT2D eigenvalue weighted by Crippen LogP contribution is 2.27. The van der Waals surface area contributed by atoms with E-state index in [9.17, 15) is 14.4 Å². The monoisotopic (exact) mass is 340 g/mol. The summed E-state index contributed by atoms with van der Waals surface area (Å²) in [6, 6.07) is 9.39. The minimum atomic E-state index is -0.773. The van der Waals surface area contributed by atoms with E-state index in [1.54, 1.807) is 13.8 Å². The van der Waals surface area contributed by atoms with Gasteiger partial charge in [0.15, 0.2) is 5.44 Å². The third-order valence-corrected chi connectivity index (χ3v) is 4.41. The average Bonchev–Trinajstić information content (AvgIpc) is 2.56. The first-order valence-corrected chi connectivity index (χ1v) is 8.01. The number of thioether (sulfide) groups is 1. The highest BCUT2D eigenvalue weighted by atomic mass is 32.2. The number of carbonyl (C=O) groups is 3. The van der Waals surface area contributed by atoms with Crippen LogP contribution in [0, 0.1) is 5.41 Å². The van der Waals surface area contributed by atoms with E-state index < -0.39 is 10.9 Å². The summed E-state index contributed by atoms with van der Waals surface area (Å²) in [6.07, 6.45) is 0. The lowest BCUT2D eigenvalue weighted by molar-refractivity contribution is -0.154. The molecule has 0 fully saturated rings.